The molecule has 0 radical (unpaired) electrons. The zero-order valence-corrected chi connectivity index (χ0v) is 13.9. The van der Waals surface area contributed by atoms with Crippen molar-refractivity contribution in [1.82, 2.24) is 15.2 Å². The van der Waals surface area contributed by atoms with E-state index < -0.39 is 0 Å². The van der Waals surface area contributed by atoms with Crippen molar-refractivity contribution >= 4 is 0 Å². The number of nitrogens with one attached hydrogen (secondary N) is 1. The highest BCUT2D eigenvalue weighted by molar-refractivity contribution is 5.17. The van der Waals surface area contributed by atoms with Gasteiger partial charge in [0.05, 0.1) is 7.11 Å². The summed E-state index contributed by atoms with van der Waals surface area (Å²) in [6.45, 7) is 4.28. The van der Waals surface area contributed by atoms with Gasteiger partial charge in [0.15, 0.2) is 0 Å². The number of rotatable bonds is 6. The van der Waals surface area contributed by atoms with Gasteiger partial charge in [-0.05, 0) is 38.4 Å². The predicted octanol–water partition coefficient (Wildman–Crippen LogP) is 2.69. The second-order valence-electron chi connectivity index (χ2n) is 6.63. The summed E-state index contributed by atoms with van der Waals surface area (Å²) in [5.74, 6) is 1.50. The van der Waals surface area contributed by atoms with Gasteiger partial charge in [-0.1, -0.05) is 25.8 Å². The quantitative estimate of drug-likeness (QED) is 0.874. The van der Waals surface area contributed by atoms with Gasteiger partial charge < -0.3 is 15.0 Å². The van der Waals surface area contributed by atoms with Crippen LogP contribution in [0.2, 0.25) is 0 Å². The Labute approximate surface area is 128 Å². The highest BCUT2D eigenvalue weighted by atomic mass is 16.5. The molecule has 0 spiro atoms. The summed E-state index contributed by atoms with van der Waals surface area (Å²) < 4.78 is 5.09. The molecule has 118 valence electrons. The zero-order valence-electron chi connectivity index (χ0n) is 13.9. The molecule has 0 bridgehead atoms. The summed E-state index contributed by atoms with van der Waals surface area (Å²) in [5.41, 5.74) is 1.51. The average molecular weight is 291 g/mol. The molecule has 1 fully saturated rings. The van der Waals surface area contributed by atoms with Gasteiger partial charge in [0.25, 0.3) is 0 Å². The molecular formula is C17H29N3O. The molecule has 4 heteroatoms. The maximum Gasteiger partial charge on any atom is 0.212 e. The Bertz CT molecular complexity index is 432. The van der Waals surface area contributed by atoms with E-state index in [1.165, 1.54) is 31.2 Å². The fraction of sp³-hybridized carbons (Fsp3) is 0.706. The van der Waals surface area contributed by atoms with Crippen molar-refractivity contribution < 1.29 is 4.74 Å². The fourth-order valence-corrected chi connectivity index (χ4v) is 3.43. The van der Waals surface area contributed by atoms with Crippen LogP contribution in [0.15, 0.2) is 18.3 Å². The molecule has 21 heavy (non-hydrogen) atoms. The minimum atomic E-state index is 0.303. The van der Waals surface area contributed by atoms with E-state index >= 15 is 0 Å². The van der Waals surface area contributed by atoms with Gasteiger partial charge in [0.2, 0.25) is 5.88 Å². The first-order valence-corrected chi connectivity index (χ1v) is 7.93. The Balaban J connectivity index is 1.89. The molecule has 1 saturated carbocycles. The van der Waals surface area contributed by atoms with E-state index in [0.717, 1.165) is 19.0 Å². The van der Waals surface area contributed by atoms with Crippen molar-refractivity contribution in [2.75, 3.05) is 27.7 Å². The van der Waals surface area contributed by atoms with E-state index in [-0.39, 0.29) is 0 Å². The summed E-state index contributed by atoms with van der Waals surface area (Å²) in [7, 11) is 6.08. The van der Waals surface area contributed by atoms with Gasteiger partial charge in [0, 0.05) is 30.9 Å². The lowest BCUT2D eigenvalue weighted by Crippen LogP contribution is -2.54. The maximum absolute atomic E-state index is 5.09. The molecule has 0 aliphatic heterocycles. The van der Waals surface area contributed by atoms with Crippen LogP contribution in [0.1, 0.15) is 38.2 Å². The molecule has 1 N–H and O–H groups in total. The fourth-order valence-electron chi connectivity index (χ4n) is 3.43. The normalized spacial score (nSPS) is 26.0. The largest absolute Gasteiger partial charge is 0.481 e. The van der Waals surface area contributed by atoms with Crippen LogP contribution in [0, 0.1) is 5.92 Å². The summed E-state index contributed by atoms with van der Waals surface area (Å²) in [5, 5.41) is 3.63. The van der Waals surface area contributed by atoms with E-state index in [2.05, 4.69) is 42.3 Å². The van der Waals surface area contributed by atoms with Crippen molar-refractivity contribution in [3.63, 3.8) is 0 Å². The van der Waals surface area contributed by atoms with Gasteiger partial charge in [-0.25, -0.2) is 4.98 Å². The minimum absolute atomic E-state index is 0.303. The molecule has 4 nitrogen and oxygen atoms in total. The monoisotopic (exact) mass is 291 g/mol. The van der Waals surface area contributed by atoms with Crippen LogP contribution in [0.5, 0.6) is 5.88 Å². The standard InChI is InChI=1S/C17H29N3O/c1-14-6-5-9-17(10-14,20(2)3)13-18-11-15-7-8-16(21-4)19-12-15/h7-8,12,14,18H,5-6,9-11,13H2,1-4H3. The number of nitrogens with zero attached hydrogens (tertiary/aromatic N) is 2. The van der Waals surface area contributed by atoms with Gasteiger partial charge in [-0.15, -0.1) is 0 Å². The highest BCUT2D eigenvalue weighted by Crippen LogP contribution is 2.35. The number of pyridine rings is 1. The van der Waals surface area contributed by atoms with E-state index in [4.69, 9.17) is 4.74 Å². The van der Waals surface area contributed by atoms with Crippen LogP contribution in [0.25, 0.3) is 0 Å². The van der Waals surface area contributed by atoms with Crippen molar-refractivity contribution in [1.29, 1.82) is 0 Å². The Kier molecular flexibility index (Phi) is 5.59. The Morgan fingerprint density at radius 1 is 1.43 bits per heavy atom. The van der Waals surface area contributed by atoms with Gasteiger partial charge in [-0.2, -0.15) is 0 Å². The lowest BCUT2D eigenvalue weighted by Gasteiger charge is -2.45. The Hall–Kier alpha value is -1.13. The first-order chi connectivity index (χ1) is 10.1. The number of hydrogen-bond donors (Lipinski definition) is 1. The molecule has 1 aromatic rings. The predicted molar refractivity (Wildman–Crippen MR) is 86.5 cm³/mol. The average Bonchev–Trinajstić information content (AvgIpc) is 2.48. The van der Waals surface area contributed by atoms with Gasteiger partial charge in [-0.3, -0.25) is 0 Å². The molecule has 1 aliphatic carbocycles. The second kappa shape index (κ2) is 7.23. The molecule has 1 aromatic heterocycles. The first-order valence-electron chi connectivity index (χ1n) is 7.93. The van der Waals surface area contributed by atoms with Gasteiger partial charge >= 0.3 is 0 Å². The highest BCUT2D eigenvalue weighted by Gasteiger charge is 2.36. The van der Waals surface area contributed by atoms with Crippen LogP contribution < -0.4 is 10.1 Å². The second-order valence-corrected chi connectivity index (χ2v) is 6.63. The van der Waals surface area contributed by atoms with Crippen molar-refractivity contribution in [2.24, 2.45) is 5.92 Å². The van der Waals surface area contributed by atoms with Crippen LogP contribution in [0.4, 0.5) is 0 Å². The SMILES string of the molecule is COc1ccc(CNCC2(N(C)C)CCCC(C)C2)cn1. The third-order valence-electron chi connectivity index (χ3n) is 4.81. The summed E-state index contributed by atoms with van der Waals surface area (Å²) in [4.78, 5) is 6.67. The Morgan fingerprint density at radius 2 is 2.24 bits per heavy atom. The smallest absolute Gasteiger partial charge is 0.212 e. The van der Waals surface area contributed by atoms with Crippen molar-refractivity contribution in [2.45, 2.75) is 44.7 Å². The summed E-state index contributed by atoms with van der Waals surface area (Å²) in [6.07, 6.45) is 7.17. The molecule has 1 aliphatic rings. The molecule has 1 heterocycles. The molecule has 2 atom stereocenters. The third-order valence-corrected chi connectivity index (χ3v) is 4.81. The third kappa shape index (κ3) is 4.17. The zero-order chi connectivity index (χ0) is 15.3. The number of methoxy groups -OCH3 is 1. The number of aromatic nitrogens is 1. The molecule has 0 saturated heterocycles. The van der Waals surface area contributed by atoms with Crippen LogP contribution in [-0.2, 0) is 6.54 Å². The van der Waals surface area contributed by atoms with E-state index in [9.17, 15) is 0 Å². The Morgan fingerprint density at radius 3 is 2.81 bits per heavy atom. The number of likely N-dealkylation sites (N-methyl/N-ethyl adjacent to an activating group) is 1. The number of ether oxygens (including phenoxy) is 1. The maximum atomic E-state index is 5.09. The van der Waals surface area contributed by atoms with Crippen LogP contribution >= 0.6 is 0 Å². The molecule has 2 rings (SSSR count). The van der Waals surface area contributed by atoms with Crippen LogP contribution in [0.3, 0.4) is 0 Å². The lowest BCUT2D eigenvalue weighted by molar-refractivity contribution is 0.0749. The van der Waals surface area contributed by atoms with Gasteiger partial charge in [0.1, 0.15) is 0 Å². The lowest BCUT2D eigenvalue weighted by atomic mass is 9.75. The van der Waals surface area contributed by atoms with Crippen molar-refractivity contribution in [3.05, 3.63) is 23.9 Å². The topological polar surface area (TPSA) is 37.4 Å². The summed E-state index contributed by atoms with van der Waals surface area (Å²) in [6, 6.07) is 3.99. The minimum Gasteiger partial charge on any atom is -0.481 e. The van der Waals surface area contributed by atoms with Crippen molar-refractivity contribution in [3.8, 4) is 5.88 Å². The molecule has 0 amide bonds. The molecule has 0 aromatic carbocycles. The van der Waals surface area contributed by atoms with E-state index in [1.54, 1.807) is 7.11 Å². The summed E-state index contributed by atoms with van der Waals surface area (Å²) >= 11 is 0. The van der Waals surface area contributed by atoms with E-state index in [1.807, 2.05) is 12.3 Å². The molecule has 2 unspecified atom stereocenters. The number of hydrogen-bond acceptors (Lipinski definition) is 4. The van der Waals surface area contributed by atoms with E-state index in [0.29, 0.717) is 11.4 Å². The molecular weight excluding hydrogens is 262 g/mol. The first kappa shape index (κ1) is 16.2. The van der Waals surface area contributed by atoms with Crippen LogP contribution in [-0.4, -0.2) is 43.2 Å².